The summed E-state index contributed by atoms with van der Waals surface area (Å²) in [5, 5.41) is 1.15. The van der Waals surface area contributed by atoms with Gasteiger partial charge in [-0.1, -0.05) is 33.1 Å². The molecule has 0 aromatic carbocycles. The highest BCUT2D eigenvalue weighted by atomic mass is 32.1. The van der Waals surface area contributed by atoms with Gasteiger partial charge in [0.25, 0.3) is 0 Å². The molecular weight excluding hydrogens is 172 g/mol. The highest BCUT2D eigenvalue weighted by Crippen LogP contribution is 2.11. The zero-order valence-electron chi connectivity index (χ0n) is 7.58. The van der Waals surface area contributed by atoms with Gasteiger partial charge in [0.2, 0.25) is 0 Å². The summed E-state index contributed by atoms with van der Waals surface area (Å²) in [5.74, 6) is 0. The van der Waals surface area contributed by atoms with E-state index >= 15 is 0 Å². The molecule has 0 aliphatic rings. The second kappa shape index (κ2) is 7.35. The molecule has 2 unspecified atom stereocenters. The monoisotopic (exact) mass is 192 g/mol. The number of thiol groups is 2. The van der Waals surface area contributed by atoms with Crippen LogP contribution in [-0.2, 0) is 0 Å². The third kappa shape index (κ3) is 10.7. The maximum Gasteiger partial charge on any atom is -0.00116 e. The lowest BCUT2D eigenvalue weighted by Crippen LogP contribution is -1.93. The molecule has 2 atom stereocenters. The van der Waals surface area contributed by atoms with E-state index in [1.165, 1.54) is 32.1 Å². The van der Waals surface area contributed by atoms with Crippen molar-refractivity contribution in [2.75, 3.05) is 0 Å². The first-order valence-corrected chi connectivity index (χ1v) is 5.52. The Morgan fingerprint density at radius 2 is 1.18 bits per heavy atom. The Morgan fingerprint density at radius 1 is 0.818 bits per heavy atom. The molecule has 0 heterocycles. The predicted octanol–water partition coefficient (Wildman–Crippen LogP) is 3.57. The summed E-state index contributed by atoms with van der Waals surface area (Å²) in [6.45, 7) is 4.31. The van der Waals surface area contributed by atoms with E-state index < -0.39 is 0 Å². The quantitative estimate of drug-likeness (QED) is 0.466. The first-order valence-electron chi connectivity index (χ1n) is 4.49. The summed E-state index contributed by atoms with van der Waals surface area (Å²) in [6, 6.07) is 0. The maximum absolute atomic E-state index is 4.33. The van der Waals surface area contributed by atoms with Crippen LogP contribution < -0.4 is 0 Å². The van der Waals surface area contributed by atoms with Crippen LogP contribution in [0, 0.1) is 0 Å². The highest BCUT2D eigenvalue weighted by Gasteiger charge is 1.96. The molecule has 68 valence electrons. The first-order chi connectivity index (χ1) is 5.13. The Hall–Kier alpha value is 0.700. The van der Waals surface area contributed by atoms with Crippen LogP contribution in [-0.4, -0.2) is 10.5 Å². The second-order valence-electron chi connectivity index (χ2n) is 3.34. The first kappa shape index (κ1) is 11.7. The van der Waals surface area contributed by atoms with Crippen molar-refractivity contribution in [2.45, 2.75) is 56.5 Å². The predicted molar refractivity (Wildman–Crippen MR) is 60.0 cm³/mol. The van der Waals surface area contributed by atoms with Crippen molar-refractivity contribution in [3.63, 3.8) is 0 Å². The van der Waals surface area contributed by atoms with Crippen LogP contribution in [0.3, 0.4) is 0 Å². The lowest BCUT2D eigenvalue weighted by Gasteiger charge is -2.04. The van der Waals surface area contributed by atoms with E-state index in [4.69, 9.17) is 0 Å². The van der Waals surface area contributed by atoms with E-state index in [0.29, 0.717) is 10.5 Å². The number of hydrogen-bond acceptors (Lipinski definition) is 2. The second-order valence-corrected chi connectivity index (χ2v) is 5.10. The molecule has 0 N–H and O–H groups in total. The molecule has 0 aliphatic carbocycles. The molecule has 0 radical (unpaired) electrons. The van der Waals surface area contributed by atoms with Gasteiger partial charge in [0.15, 0.2) is 0 Å². The number of hydrogen-bond donors (Lipinski definition) is 2. The summed E-state index contributed by atoms with van der Waals surface area (Å²) < 4.78 is 0. The molecular formula is C9H20S2. The van der Waals surface area contributed by atoms with E-state index in [-0.39, 0.29) is 0 Å². The van der Waals surface area contributed by atoms with Crippen molar-refractivity contribution in [1.29, 1.82) is 0 Å². The van der Waals surface area contributed by atoms with Crippen LogP contribution in [0.5, 0.6) is 0 Å². The molecule has 0 saturated heterocycles. The van der Waals surface area contributed by atoms with Crippen LogP contribution in [0.1, 0.15) is 46.0 Å². The topological polar surface area (TPSA) is 0 Å². The minimum absolute atomic E-state index is 0.573. The minimum Gasteiger partial charge on any atom is -0.176 e. The van der Waals surface area contributed by atoms with Crippen LogP contribution >= 0.6 is 25.3 Å². The summed E-state index contributed by atoms with van der Waals surface area (Å²) >= 11 is 8.65. The summed E-state index contributed by atoms with van der Waals surface area (Å²) in [7, 11) is 0. The van der Waals surface area contributed by atoms with E-state index in [1.54, 1.807) is 0 Å². The molecule has 0 aromatic rings. The fraction of sp³-hybridized carbons (Fsp3) is 1.00. The third-order valence-electron chi connectivity index (χ3n) is 1.74. The Balaban J connectivity index is 2.91. The van der Waals surface area contributed by atoms with Crippen molar-refractivity contribution in [3.05, 3.63) is 0 Å². The number of unbranched alkanes of at least 4 members (excludes halogenated alkanes) is 2. The number of rotatable bonds is 6. The zero-order valence-corrected chi connectivity index (χ0v) is 9.37. The molecule has 0 saturated carbocycles. The lowest BCUT2D eigenvalue weighted by molar-refractivity contribution is 0.613. The smallest absolute Gasteiger partial charge is 0.00116 e. The Morgan fingerprint density at radius 3 is 1.45 bits per heavy atom. The molecule has 0 amide bonds. The average molecular weight is 192 g/mol. The van der Waals surface area contributed by atoms with Crippen molar-refractivity contribution < 1.29 is 0 Å². The molecule has 0 aromatic heterocycles. The Kier molecular flexibility index (Phi) is 7.82. The molecule has 0 aliphatic heterocycles. The highest BCUT2D eigenvalue weighted by molar-refractivity contribution is 7.81. The Bertz CT molecular complexity index is 69.6. The van der Waals surface area contributed by atoms with Gasteiger partial charge in [0.05, 0.1) is 0 Å². The van der Waals surface area contributed by atoms with E-state index in [0.717, 1.165) is 0 Å². The third-order valence-corrected chi connectivity index (χ3v) is 2.26. The van der Waals surface area contributed by atoms with E-state index in [9.17, 15) is 0 Å². The van der Waals surface area contributed by atoms with Gasteiger partial charge in [-0.05, 0) is 23.3 Å². The van der Waals surface area contributed by atoms with Gasteiger partial charge in [-0.2, -0.15) is 25.3 Å². The molecule has 0 spiro atoms. The maximum atomic E-state index is 4.33. The fourth-order valence-electron chi connectivity index (χ4n) is 1.06. The Labute approximate surface area is 82.0 Å². The molecule has 0 nitrogen and oxygen atoms in total. The summed E-state index contributed by atoms with van der Waals surface area (Å²) in [6.07, 6.45) is 6.50. The van der Waals surface area contributed by atoms with Crippen LogP contribution in [0.15, 0.2) is 0 Å². The molecule has 2 heteroatoms. The van der Waals surface area contributed by atoms with Crippen molar-refractivity contribution in [3.8, 4) is 0 Å². The van der Waals surface area contributed by atoms with Crippen molar-refractivity contribution in [2.24, 2.45) is 0 Å². The normalized spacial score (nSPS) is 16.4. The SMILES string of the molecule is CC(S)CCCCCC(C)S. The van der Waals surface area contributed by atoms with Crippen molar-refractivity contribution >= 4 is 25.3 Å². The van der Waals surface area contributed by atoms with Crippen molar-refractivity contribution in [1.82, 2.24) is 0 Å². The van der Waals surface area contributed by atoms with Gasteiger partial charge in [-0.15, -0.1) is 0 Å². The van der Waals surface area contributed by atoms with Gasteiger partial charge in [-0.25, -0.2) is 0 Å². The fourth-order valence-corrected chi connectivity index (χ4v) is 1.42. The largest absolute Gasteiger partial charge is 0.176 e. The summed E-state index contributed by atoms with van der Waals surface area (Å²) in [4.78, 5) is 0. The lowest BCUT2D eigenvalue weighted by atomic mass is 10.1. The summed E-state index contributed by atoms with van der Waals surface area (Å²) in [5.41, 5.74) is 0. The van der Waals surface area contributed by atoms with Crippen LogP contribution in [0.2, 0.25) is 0 Å². The van der Waals surface area contributed by atoms with Crippen LogP contribution in [0.25, 0.3) is 0 Å². The van der Waals surface area contributed by atoms with Gasteiger partial charge < -0.3 is 0 Å². The van der Waals surface area contributed by atoms with Crippen LogP contribution in [0.4, 0.5) is 0 Å². The minimum atomic E-state index is 0.573. The van der Waals surface area contributed by atoms with Gasteiger partial charge >= 0.3 is 0 Å². The molecule has 0 fully saturated rings. The van der Waals surface area contributed by atoms with E-state index in [2.05, 4.69) is 39.1 Å². The van der Waals surface area contributed by atoms with Gasteiger partial charge in [0, 0.05) is 0 Å². The van der Waals surface area contributed by atoms with Gasteiger partial charge in [-0.3, -0.25) is 0 Å². The zero-order chi connectivity index (χ0) is 8.69. The molecule has 0 rings (SSSR count). The standard InChI is InChI=1S/C9H20S2/c1-8(10)6-4-3-5-7-9(2)11/h8-11H,3-7H2,1-2H3. The van der Waals surface area contributed by atoms with Gasteiger partial charge in [0.1, 0.15) is 0 Å². The average Bonchev–Trinajstić information content (AvgIpc) is 1.85. The molecule has 11 heavy (non-hydrogen) atoms. The van der Waals surface area contributed by atoms with E-state index in [1.807, 2.05) is 0 Å². The molecule has 0 bridgehead atoms.